The highest BCUT2D eigenvalue weighted by Gasteiger charge is 2.51. The summed E-state index contributed by atoms with van der Waals surface area (Å²) >= 11 is 0. The number of alkyl halides is 2. The monoisotopic (exact) mass is 469 g/mol. The normalized spacial score (nSPS) is 15.4. The molecule has 0 aliphatic carbocycles. The SMILES string of the molecule is Cc1ccc(NC(=O)C2(c3ccccc3C(C)C)CN(Cc3cnn(C)c3)C2)c(OC(F)F)n1. The van der Waals surface area contributed by atoms with Crippen LogP contribution in [-0.2, 0) is 23.8 Å². The predicted molar refractivity (Wildman–Crippen MR) is 125 cm³/mol. The molecule has 0 unspecified atom stereocenters. The van der Waals surface area contributed by atoms with Gasteiger partial charge >= 0.3 is 6.61 Å². The quantitative estimate of drug-likeness (QED) is 0.534. The second-order valence-electron chi connectivity index (χ2n) is 9.13. The number of halogens is 2. The first-order valence-electron chi connectivity index (χ1n) is 11.2. The van der Waals surface area contributed by atoms with Gasteiger partial charge in [0.1, 0.15) is 5.69 Å². The molecule has 7 nitrogen and oxygen atoms in total. The van der Waals surface area contributed by atoms with Crippen LogP contribution >= 0.6 is 0 Å². The van der Waals surface area contributed by atoms with Gasteiger partial charge in [0.2, 0.25) is 11.8 Å². The number of rotatable bonds is 8. The number of likely N-dealkylation sites (tertiary alicyclic amines) is 1. The number of hydrogen-bond donors (Lipinski definition) is 1. The van der Waals surface area contributed by atoms with Gasteiger partial charge in [-0.05, 0) is 36.1 Å². The van der Waals surface area contributed by atoms with Crippen molar-refractivity contribution in [1.82, 2.24) is 19.7 Å². The van der Waals surface area contributed by atoms with Crippen molar-refractivity contribution < 1.29 is 18.3 Å². The van der Waals surface area contributed by atoms with E-state index >= 15 is 0 Å². The molecular formula is C25H29F2N5O2. The number of nitrogens with one attached hydrogen (secondary N) is 1. The van der Waals surface area contributed by atoms with Crippen molar-refractivity contribution in [2.24, 2.45) is 7.05 Å². The maximum absolute atomic E-state index is 13.8. The summed E-state index contributed by atoms with van der Waals surface area (Å²) in [7, 11) is 1.87. The minimum Gasteiger partial charge on any atom is -0.415 e. The highest BCUT2D eigenvalue weighted by atomic mass is 19.3. The second-order valence-corrected chi connectivity index (χ2v) is 9.13. The number of amides is 1. The van der Waals surface area contributed by atoms with Crippen molar-refractivity contribution >= 4 is 11.6 Å². The first kappa shape index (κ1) is 23.8. The summed E-state index contributed by atoms with van der Waals surface area (Å²) in [5.74, 6) is -0.345. The molecule has 0 bridgehead atoms. The molecule has 0 saturated carbocycles. The third-order valence-electron chi connectivity index (χ3n) is 6.13. The minimum absolute atomic E-state index is 0.128. The van der Waals surface area contributed by atoms with E-state index in [1.807, 2.05) is 43.7 Å². The van der Waals surface area contributed by atoms with Crippen molar-refractivity contribution in [3.05, 3.63) is 71.2 Å². The fourth-order valence-corrected chi connectivity index (χ4v) is 4.56. The fraction of sp³-hybridized carbons (Fsp3) is 0.400. The molecule has 3 aromatic rings. The number of hydrogen-bond acceptors (Lipinski definition) is 5. The molecule has 1 aliphatic rings. The lowest BCUT2D eigenvalue weighted by atomic mass is 9.69. The first-order chi connectivity index (χ1) is 16.2. The summed E-state index contributed by atoms with van der Waals surface area (Å²) in [6.45, 7) is 4.46. The van der Waals surface area contributed by atoms with Crippen LogP contribution in [0.4, 0.5) is 14.5 Å². The molecule has 1 fully saturated rings. The van der Waals surface area contributed by atoms with Crippen LogP contribution in [0.3, 0.4) is 0 Å². The zero-order chi connectivity index (χ0) is 24.5. The van der Waals surface area contributed by atoms with E-state index in [-0.39, 0.29) is 23.4 Å². The van der Waals surface area contributed by atoms with Gasteiger partial charge in [-0.2, -0.15) is 13.9 Å². The Hall–Kier alpha value is -3.33. The molecule has 0 radical (unpaired) electrons. The lowest BCUT2D eigenvalue weighted by Crippen LogP contribution is -2.64. The third kappa shape index (κ3) is 4.79. The lowest BCUT2D eigenvalue weighted by molar-refractivity contribution is -0.128. The molecule has 34 heavy (non-hydrogen) atoms. The van der Waals surface area contributed by atoms with Crippen LogP contribution < -0.4 is 10.1 Å². The van der Waals surface area contributed by atoms with Crippen molar-refractivity contribution in [3.63, 3.8) is 0 Å². The number of aromatic nitrogens is 3. The summed E-state index contributed by atoms with van der Waals surface area (Å²) in [6.07, 6.45) is 3.77. The van der Waals surface area contributed by atoms with E-state index in [4.69, 9.17) is 0 Å². The molecule has 1 saturated heterocycles. The van der Waals surface area contributed by atoms with E-state index in [9.17, 15) is 13.6 Å². The average Bonchev–Trinajstić information content (AvgIpc) is 3.16. The van der Waals surface area contributed by atoms with Crippen LogP contribution in [0.2, 0.25) is 0 Å². The lowest BCUT2D eigenvalue weighted by Gasteiger charge is -2.50. The number of carbonyl (C=O) groups excluding carboxylic acids is 1. The van der Waals surface area contributed by atoms with E-state index in [0.29, 0.717) is 25.3 Å². The Bertz CT molecular complexity index is 1170. The largest absolute Gasteiger partial charge is 0.415 e. The molecule has 0 atom stereocenters. The molecule has 1 amide bonds. The highest BCUT2D eigenvalue weighted by Crippen LogP contribution is 2.41. The molecular weight excluding hydrogens is 440 g/mol. The Labute approximate surface area is 197 Å². The molecule has 3 heterocycles. The van der Waals surface area contributed by atoms with E-state index in [1.54, 1.807) is 23.7 Å². The summed E-state index contributed by atoms with van der Waals surface area (Å²) < 4.78 is 32.2. The van der Waals surface area contributed by atoms with E-state index < -0.39 is 12.0 Å². The Morgan fingerprint density at radius 2 is 1.94 bits per heavy atom. The highest BCUT2D eigenvalue weighted by molar-refractivity contribution is 6.01. The van der Waals surface area contributed by atoms with E-state index in [1.165, 1.54) is 0 Å². The topological polar surface area (TPSA) is 72.3 Å². The van der Waals surface area contributed by atoms with Crippen molar-refractivity contribution in [2.45, 2.75) is 45.3 Å². The molecule has 1 aliphatic heterocycles. The number of carbonyl (C=O) groups is 1. The zero-order valence-electron chi connectivity index (χ0n) is 19.8. The van der Waals surface area contributed by atoms with Crippen molar-refractivity contribution in [3.8, 4) is 5.88 Å². The number of anilines is 1. The Kier molecular flexibility index (Phi) is 6.65. The van der Waals surface area contributed by atoms with Gasteiger partial charge in [0.15, 0.2) is 0 Å². The number of pyridine rings is 1. The molecule has 1 N–H and O–H groups in total. The number of benzene rings is 1. The summed E-state index contributed by atoms with van der Waals surface area (Å²) in [4.78, 5) is 20.0. The van der Waals surface area contributed by atoms with Gasteiger partial charge in [0.05, 0.1) is 11.6 Å². The van der Waals surface area contributed by atoms with E-state index in [2.05, 4.69) is 38.9 Å². The standard InChI is InChI=1S/C25H29F2N5O2/c1-16(2)19-7-5-6-8-20(19)25(14-32(15-25)13-18-11-28-31(4)12-18)23(33)30-21-10-9-17(3)29-22(21)34-24(26)27/h5-12,16,24H,13-15H2,1-4H3,(H,30,33). The average molecular weight is 470 g/mol. The van der Waals surface area contributed by atoms with Gasteiger partial charge in [-0.15, -0.1) is 0 Å². The van der Waals surface area contributed by atoms with E-state index in [0.717, 1.165) is 16.7 Å². The second kappa shape index (κ2) is 9.50. The Morgan fingerprint density at radius 1 is 1.21 bits per heavy atom. The van der Waals surface area contributed by atoms with Crippen molar-refractivity contribution in [2.75, 3.05) is 18.4 Å². The fourth-order valence-electron chi connectivity index (χ4n) is 4.56. The molecule has 1 aromatic carbocycles. The summed E-state index contributed by atoms with van der Waals surface area (Å²) in [6, 6.07) is 11.1. The Morgan fingerprint density at radius 3 is 2.59 bits per heavy atom. The predicted octanol–water partition coefficient (Wildman–Crippen LogP) is 4.24. The van der Waals surface area contributed by atoms with Crippen LogP contribution in [0, 0.1) is 6.92 Å². The van der Waals surface area contributed by atoms with Crippen LogP contribution in [0.5, 0.6) is 5.88 Å². The van der Waals surface area contributed by atoms with Gasteiger partial charge < -0.3 is 10.1 Å². The molecule has 0 spiro atoms. The van der Waals surface area contributed by atoms with Gasteiger partial charge in [-0.3, -0.25) is 14.4 Å². The van der Waals surface area contributed by atoms with Gasteiger partial charge in [-0.25, -0.2) is 4.98 Å². The number of aryl methyl sites for hydroxylation is 2. The third-order valence-corrected chi connectivity index (χ3v) is 6.13. The number of ether oxygens (including phenoxy) is 1. The first-order valence-corrected chi connectivity index (χ1v) is 11.2. The van der Waals surface area contributed by atoms with Crippen LogP contribution in [0.15, 0.2) is 48.8 Å². The maximum Gasteiger partial charge on any atom is 0.388 e. The van der Waals surface area contributed by atoms with Crippen molar-refractivity contribution in [1.29, 1.82) is 0 Å². The van der Waals surface area contributed by atoms with Crippen LogP contribution in [0.1, 0.15) is 42.1 Å². The Balaban J connectivity index is 1.65. The minimum atomic E-state index is -3.04. The van der Waals surface area contributed by atoms with Gasteiger partial charge in [0, 0.05) is 44.1 Å². The van der Waals surface area contributed by atoms with Crippen LogP contribution in [-0.4, -0.2) is 45.3 Å². The molecule has 2 aromatic heterocycles. The maximum atomic E-state index is 13.8. The zero-order valence-corrected chi connectivity index (χ0v) is 19.8. The summed E-state index contributed by atoms with van der Waals surface area (Å²) in [5.41, 5.74) is 2.90. The molecule has 9 heteroatoms. The molecule has 4 rings (SSSR count). The summed E-state index contributed by atoms with van der Waals surface area (Å²) in [5, 5.41) is 7.06. The molecule has 180 valence electrons. The van der Waals surface area contributed by atoms with Crippen LogP contribution in [0.25, 0.3) is 0 Å². The smallest absolute Gasteiger partial charge is 0.388 e. The number of nitrogens with zero attached hydrogens (tertiary/aromatic N) is 4. The van der Waals surface area contributed by atoms with Gasteiger partial charge in [0.25, 0.3) is 0 Å². The van der Waals surface area contributed by atoms with Gasteiger partial charge in [-0.1, -0.05) is 38.1 Å².